The third kappa shape index (κ3) is 3.94. The SMILES string of the molecule is CCCC(CC)(CN)N(C)CC1CCOCC1. The Balaban J connectivity index is 2.53. The molecule has 0 spiro atoms. The van der Waals surface area contributed by atoms with Gasteiger partial charge in [-0.3, -0.25) is 4.90 Å². The second kappa shape index (κ2) is 7.34. The molecule has 1 aliphatic rings. The number of hydrogen-bond acceptors (Lipinski definition) is 3. The summed E-state index contributed by atoms with van der Waals surface area (Å²) in [5.74, 6) is 0.795. The van der Waals surface area contributed by atoms with Gasteiger partial charge in [-0.25, -0.2) is 0 Å². The zero-order valence-corrected chi connectivity index (χ0v) is 11.9. The molecule has 1 rings (SSSR count). The Morgan fingerprint density at radius 2 is 1.94 bits per heavy atom. The van der Waals surface area contributed by atoms with Crippen LogP contribution in [0.4, 0.5) is 0 Å². The van der Waals surface area contributed by atoms with Crippen molar-refractivity contribution >= 4 is 0 Å². The van der Waals surface area contributed by atoms with Gasteiger partial charge in [-0.15, -0.1) is 0 Å². The molecule has 17 heavy (non-hydrogen) atoms. The van der Waals surface area contributed by atoms with Crippen molar-refractivity contribution in [3.63, 3.8) is 0 Å². The summed E-state index contributed by atoms with van der Waals surface area (Å²) in [4.78, 5) is 2.52. The van der Waals surface area contributed by atoms with E-state index in [2.05, 4.69) is 25.8 Å². The first kappa shape index (κ1) is 14.9. The summed E-state index contributed by atoms with van der Waals surface area (Å²) in [6.07, 6.45) is 5.99. The number of nitrogens with zero attached hydrogens (tertiary/aromatic N) is 1. The minimum absolute atomic E-state index is 0.215. The molecule has 0 amide bonds. The van der Waals surface area contributed by atoms with E-state index in [1.165, 1.54) is 32.2 Å². The third-order valence-corrected chi connectivity index (χ3v) is 4.44. The quantitative estimate of drug-likeness (QED) is 0.744. The maximum Gasteiger partial charge on any atom is 0.0469 e. The first-order chi connectivity index (χ1) is 8.18. The summed E-state index contributed by atoms with van der Waals surface area (Å²) in [6.45, 7) is 8.35. The Hall–Kier alpha value is -0.120. The van der Waals surface area contributed by atoms with Gasteiger partial charge < -0.3 is 10.5 Å². The van der Waals surface area contributed by atoms with E-state index in [4.69, 9.17) is 10.5 Å². The summed E-state index contributed by atoms with van der Waals surface area (Å²) < 4.78 is 5.42. The first-order valence-corrected chi connectivity index (χ1v) is 7.17. The van der Waals surface area contributed by atoms with Gasteiger partial charge in [0.15, 0.2) is 0 Å². The van der Waals surface area contributed by atoms with E-state index in [1.807, 2.05) is 0 Å². The predicted octanol–water partition coefficient (Wildman–Crippen LogP) is 2.25. The molecule has 2 N–H and O–H groups in total. The molecule has 1 heterocycles. The molecule has 0 aromatic rings. The van der Waals surface area contributed by atoms with Crippen LogP contribution in [0.5, 0.6) is 0 Å². The van der Waals surface area contributed by atoms with Crippen LogP contribution in [0.1, 0.15) is 46.0 Å². The van der Waals surface area contributed by atoms with Crippen molar-refractivity contribution in [2.75, 3.05) is 33.4 Å². The monoisotopic (exact) mass is 242 g/mol. The van der Waals surface area contributed by atoms with Crippen LogP contribution in [0.25, 0.3) is 0 Å². The van der Waals surface area contributed by atoms with Gasteiger partial charge in [0.2, 0.25) is 0 Å². The fraction of sp³-hybridized carbons (Fsp3) is 1.00. The van der Waals surface area contributed by atoms with E-state index in [9.17, 15) is 0 Å². The molecule has 0 bridgehead atoms. The van der Waals surface area contributed by atoms with Crippen molar-refractivity contribution in [3.05, 3.63) is 0 Å². The molecule has 1 saturated heterocycles. The highest BCUT2D eigenvalue weighted by Crippen LogP contribution is 2.26. The van der Waals surface area contributed by atoms with Gasteiger partial charge in [-0.2, -0.15) is 0 Å². The van der Waals surface area contributed by atoms with Gasteiger partial charge in [0.1, 0.15) is 0 Å². The van der Waals surface area contributed by atoms with Gasteiger partial charge in [0, 0.05) is 31.8 Å². The van der Waals surface area contributed by atoms with Gasteiger partial charge in [-0.05, 0) is 38.6 Å². The molecule has 0 aromatic carbocycles. The largest absolute Gasteiger partial charge is 0.381 e. The highest BCUT2D eigenvalue weighted by Gasteiger charge is 2.31. The highest BCUT2D eigenvalue weighted by molar-refractivity contribution is 4.89. The smallest absolute Gasteiger partial charge is 0.0469 e. The van der Waals surface area contributed by atoms with Crippen molar-refractivity contribution in [2.24, 2.45) is 11.7 Å². The van der Waals surface area contributed by atoms with Crippen molar-refractivity contribution in [1.82, 2.24) is 4.90 Å². The second-order valence-electron chi connectivity index (χ2n) is 5.47. The number of hydrogen-bond donors (Lipinski definition) is 1. The zero-order valence-electron chi connectivity index (χ0n) is 11.9. The Morgan fingerprint density at radius 1 is 1.29 bits per heavy atom. The number of rotatable bonds is 7. The van der Waals surface area contributed by atoms with Gasteiger partial charge in [0.05, 0.1) is 0 Å². The van der Waals surface area contributed by atoms with E-state index in [0.29, 0.717) is 0 Å². The Kier molecular flexibility index (Phi) is 6.45. The standard InChI is InChI=1S/C14H30N2O/c1-4-8-14(5-2,12-15)16(3)11-13-6-9-17-10-7-13/h13H,4-12,15H2,1-3H3. The minimum Gasteiger partial charge on any atom is -0.381 e. The summed E-state index contributed by atoms with van der Waals surface area (Å²) in [5.41, 5.74) is 6.26. The molecule has 1 fully saturated rings. The molecule has 3 heteroatoms. The number of ether oxygens (including phenoxy) is 1. The molecule has 0 aliphatic carbocycles. The molecule has 1 aliphatic heterocycles. The van der Waals surface area contributed by atoms with Crippen molar-refractivity contribution < 1.29 is 4.74 Å². The van der Waals surface area contributed by atoms with E-state index in [0.717, 1.165) is 32.1 Å². The lowest BCUT2D eigenvalue weighted by Crippen LogP contribution is -2.53. The fourth-order valence-electron chi connectivity index (χ4n) is 3.02. The summed E-state index contributed by atoms with van der Waals surface area (Å²) in [6, 6.07) is 0. The molecular formula is C14H30N2O. The van der Waals surface area contributed by atoms with Crippen molar-refractivity contribution in [1.29, 1.82) is 0 Å². The van der Waals surface area contributed by atoms with Crippen LogP contribution in [-0.2, 0) is 4.74 Å². The molecule has 1 atom stereocenters. The van der Waals surface area contributed by atoms with Gasteiger partial charge >= 0.3 is 0 Å². The van der Waals surface area contributed by atoms with E-state index in [1.54, 1.807) is 0 Å². The number of nitrogens with two attached hydrogens (primary N) is 1. The summed E-state index contributed by atoms with van der Waals surface area (Å²) in [7, 11) is 2.25. The Labute approximate surface area is 107 Å². The van der Waals surface area contributed by atoms with E-state index in [-0.39, 0.29) is 5.54 Å². The molecule has 0 radical (unpaired) electrons. The average Bonchev–Trinajstić information content (AvgIpc) is 2.37. The van der Waals surface area contributed by atoms with Gasteiger partial charge in [0.25, 0.3) is 0 Å². The zero-order chi connectivity index (χ0) is 12.7. The van der Waals surface area contributed by atoms with Crippen LogP contribution in [0.3, 0.4) is 0 Å². The predicted molar refractivity (Wildman–Crippen MR) is 73.2 cm³/mol. The normalized spacial score (nSPS) is 21.7. The molecule has 0 aromatic heterocycles. The van der Waals surface area contributed by atoms with Crippen LogP contribution >= 0.6 is 0 Å². The van der Waals surface area contributed by atoms with E-state index < -0.39 is 0 Å². The van der Waals surface area contributed by atoms with Crippen LogP contribution < -0.4 is 5.73 Å². The number of likely N-dealkylation sites (N-methyl/N-ethyl adjacent to an activating group) is 1. The lowest BCUT2D eigenvalue weighted by atomic mass is 9.87. The van der Waals surface area contributed by atoms with Gasteiger partial charge in [-0.1, -0.05) is 20.3 Å². The van der Waals surface area contributed by atoms with Crippen LogP contribution in [0, 0.1) is 5.92 Å². The lowest BCUT2D eigenvalue weighted by molar-refractivity contribution is 0.0302. The Morgan fingerprint density at radius 3 is 2.41 bits per heavy atom. The van der Waals surface area contributed by atoms with Crippen LogP contribution in [-0.4, -0.2) is 43.8 Å². The minimum atomic E-state index is 0.215. The van der Waals surface area contributed by atoms with Crippen molar-refractivity contribution in [2.45, 2.75) is 51.5 Å². The highest BCUT2D eigenvalue weighted by atomic mass is 16.5. The average molecular weight is 242 g/mol. The van der Waals surface area contributed by atoms with Crippen LogP contribution in [0.2, 0.25) is 0 Å². The summed E-state index contributed by atoms with van der Waals surface area (Å²) >= 11 is 0. The first-order valence-electron chi connectivity index (χ1n) is 7.17. The van der Waals surface area contributed by atoms with Crippen molar-refractivity contribution in [3.8, 4) is 0 Å². The Bertz CT molecular complexity index is 198. The van der Waals surface area contributed by atoms with Crippen LogP contribution in [0.15, 0.2) is 0 Å². The third-order valence-electron chi connectivity index (χ3n) is 4.44. The molecule has 102 valence electrons. The second-order valence-corrected chi connectivity index (χ2v) is 5.47. The summed E-state index contributed by atoms with van der Waals surface area (Å²) in [5, 5.41) is 0. The topological polar surface area (TPSA) is 38.5 Å². The maximum atomic E-state index is 6.04. The van der Waals surface area contributed by atoms with E-state index >= 15 is 0 Å². The fourth-order valence-corrected chi connectivity index (χ4v) is 3.02. The maximum absolute atomic E-state index is 6.04. The molecular weight excluding hydrogens is 212 g/mol. The molecule has 1 unspecified atom stereocenters. The molecule has 3 nitrogen and oxygen atoms in total. The lowest BCUT2D eigenvalue weighted by Gasteiger charge is -2.43. The molecule has 0 saturated carbocycles.